The lowest BCUT2D eigenvalue weighted by Crippen LogP contribution is -2.45. The number of thiol groups is 1. The summed E-state index contributed by atoms with van der Waals surface area (Å²) in [6.07, 6.45) is 3.24. The van der Waals surface area contributed by atoms with E-state index in [4.69, 9.17) is 18.9 Å². The number of carboxylic acid groups (broad SMARTS) is 3. The van der Waals surface area contributed by atoms with E-state index in [1.165, 1.54) is 0 Å². The number of unbranched alkanes of at least 4 members (excludes halogenated alkanes) is 1. The molecule has 0 aromatic carbocycles. The molecule has 1 rings (SSSR count). The van der Waals surface area contributed by atoms with Crippen LogP contribution in [0.15, 0.2) is 0 Å². The van der Waals surface area contributed by atoms with Gasteiger partial charge < -0.3 is 66.2 Å². The normalized spacial score (nSPS) is 16.7. The highest BCUT2D eigenvalue weighted by Gasteiger charge is 2.41. The fourth-order valence-corrected chi connectivity index (χ4v) is 6.99. The Morgan fingerprint density at radius 2 is 1.14 bits per heavy atom. The molecule has 0 aliphatic heterocycles. The lowest BCUT2D eigenvalue weighted by atomic mass is 9.74. The molecule has 0 saturated heterocycles. The van der Waals surface area contributed by atoms with Crippen LogP contribution in [0.3, 0.4) is 0 Å². The molecule has 3 unspecified atom stereocenters. The van der Waals surface area contributed by atoms with E-state index >= 15 is 0 Å². The molecule has 1 aliphatic carbocycles. The van der Waals surface area contributed by atoms with E-state index in [0.29, 0.717) is 51.6 Å². The van der Waals surface area contributed by atoms with Gasteiger partial charge in [-0.2, -0.15) is 12.6 Å². The molecule has 66 heavy (non-hydrogen) atoms. The third-order valence-corrected chi connectivity index (χ3v) is 12.3. The number of carbonyl (C=O) groups excluding carboxylic acids is 6. The summed E-state index contributed by atoms with van der Waals surface area (Å²) in [4.78, 5) is 108. The minimum absolute atomic E-state index is 0.0402. The Morgan fingerprint density at radius 3 is 1.70 bits per heavy atom. The van der Waals surface area contributed by atoms with Crippen molar-refractivity contribution in [2.24, 2.45) is 17.3 Å². The molecule has 0 heterocycles. The maximum atomic E-state index is 12.9. The third-order valence-electron chi connectivity index (χ3n) is 11.0. The molecule has 0 bridgehead atoms. The molecule has 0 aromatic heterocycles. The molecule has 0 spiro atoms. The van der Waals surface area contributed by atoms with Crippen LogP contribution in [-0.2, 0) is 62.1 Å². The Balaban J connectivity index is 2.11. The van der Waals surface area contributed by atoms with Crippen molar-refractivity contribution >= 4 is 81.9 Å². The van der Waals surface area contributed by atoms with E-state index in [1.54, 1.807) is 20.8 Å². The highest BCUT2D eigenvalue weighted by atomic mass is 79.9. The largest absolute Gasteiger partial charge is 0.481 e. The Labute approximate surface area is 399 Å². The van der Waals surface area contributed by atoms with Gasteiger partial charge in [0.1, 0.15) is 25.3 Å². The number of nitrogens with one attached hydrogen (secondary N) is 6. The van der Waals surface area contributed by atoms with E-state index < -0.39 is 63.8 Å². The van der Waals surface area contributed by atoms with Crippen LogP contribution in [0.2, 0.25) is 0 Å². The number of halogens is 1. The topological polar surface area (TPSA) is 323 Å². The average Bonchev–Trinajstić information content (AvgIpc) is 3.24. The quantitative estimate of drug-likeness (QED) is 0.0229. The minimum atomic E-state index is -1.25. The number of alkyl halides is 1. The van der Waals surface area contributed by atoms with Crippen molar-refractivity contribution in [3.8, 4) is 0 Å². The molecule has 1 fully saturated rings. The molecule has 9 N–H and O–H groups in total. The Bertz CT molecular complexity index is 1570. The number of hydrogen-bond acceptors (Lipinski definition) is 14. The van der Waals surface area contributed by atoms with Gasteiger partial charge in [0.2, 0.25) is 35.4 Å². The van der Waals surface area contributed by atoms with Crippen LogP contribution in [0.1, 0.15) is 91.4 Å². The van der Waals surface area contributed by atoms with Crippen molar-refractivity contribution in [3.05, 3.63) is 0 Å². The predicted molar refractivity (Wildman–Crippen MR) is 245 cm³/mol. The zero-order valence-corrected chi connectivity index (χ0v) is 40.7. The first-order valence-electron chi connectivity index (χ1n) is 22.1. The van der Waals surface area contributed by atoms with Crippen LogP contribution in [0, 0.1) is 17.3 Å². The summed E-state index contributed by atoms with van der Waals surface area (Å²) in [5, 5.41) is 44.2. The molecular formula is C42H71BrN6O16S. The van der Waals surface area contributed by atoms with Gasteiger partial charge >= 0.3 is 17.9 Å². The number of aliphatic carboxylic acids is 3. The van der Waals surface area contributed by atoms with Gasteiger partial charge in [0.05, 0.1) is 51.4 Å². The first kappa shape index (κ1) is 59.9. The summed E-state index contributed by atoms with van der Waals surface area (Å²) in [6.45, 7) is 6.61. The van der Waals surface area contributed by atoms with E-state index in [-0.39, 0.29) is 127 Å². The Hall–Kier alpha value is -4.10. The third kappa shape index (κ3) is 27.5. The summed E-state index contributed by atoms with van der Waals surface area (Å²) >= 11 is 7.63. The number of carbonyl (C=O) groups is 9. The van der Waals surface area contributed by atoms with Gasteiger partial charge in [-0.3, -0.25) is 33.6 Å². The first-order valence-corrected chi connectivity index (χ1v) is 23.7. The summed E-state index contributed by atoms with van der Waals surface area (Å²) < 4.78 is 20.4. The summed E-state index contributed by atoms with van der Waals surface area (Å²) in [7, 11) is 0. The molecule has 1 aliphatic rings. The average molecular weight is 1030 g/mol. The van der Waals surface area contributed by atoms with E-state index in [0.717, 1.165) is 0 Å². The Morgan fingerprint density at radius 1 is 0.606 bits per heavy atom. The second-order valence-corrected chi connectivity index (χ2v) is 18.4. The molecule has 6 amide bonds. The van der Waals surface area contributed by atoms with Gasteiger partial charge in [0, 0.05) is 49.7 Å². The fraction of sp³-hybridized carbons (Fsp3) is 0.786. The predicted octanol–water partition coefficient (Wildman–Crippen LogP) is 0.388. The van der Waals surface area contributed by atoms with Crippen LogP contribution in [0.25, 0.3) is 0 Å². The van der Waals surface area contributed by atoms with Crippen molar-refractivity contribution < 1.29 is 77.4 Å². The van der Waals surface area contributed by atoms with Crippen LogP contribution in [0.4, 0.5) is 0 Å². The van der Waals surface area contributed by atoms with Crippen LogP contribution in [-0.4, -0.2) is 170 Å². The maximum absolute atomic E-state index is 12.9. The highest BCUT2D eigenvalue weighted by Crippen LogP contribution is 2.41. The number of carboxylic acids is 3. The fourth-order valence-electron chi connectivity index (χ4n) is 6.57. The van der Waals surface area contributed by atoms with Crippen molar-refractivity contribution in [2.45, 2.75) is 108 Å². The number of rotatable bonds is 37. The Kier molecular flexibility index (Phi) is 30.3. The van der Waals surface area contributed by atoms with Gasteiger partial charge in [-0.1, -0.05) is 29.8 Å². The molecular weight excluding hydrogens is 956 g/mol. The second-order valence-electron chi connectivity index (χ2n) is 16.8. The van der Waals surface area contributed by atoms with E-state index in [2.05, 4.69) is 60.5 Å². The smallest absolute Gasteiger partial charge is 0.326 e. The van der Waals surface area contributed by atoms with Crippen LogP contribution >= 0.6 is 28.6 Å². The molecule has 0 aromatic rings. The van der Waals surface area contributed by atoms with Crippen molar-refractivity contribution in [1.82, 2.24) is 31.9 Å². The standard InChI is InChI=1S/C42H71BrN6O16S/c1-41(2,23-37(55)56)42(3,66)22-33(51)47-25-28-7-9-29(10-8-28)38(57)49-31(40(60)61)11-12-32(50)45-14-16-62-18-20-64-26-35(53)46-15-17-63-19-21-65-27-36(54)48-30(39(58)59)6-4-5-13-44-34(52)24-43/h28-31,66H,4-27H2,1-3H3,(H,44,52)(H,45,50)(H,46,53)(H,47,51)(H,48,54)(H,49,57)(H,55,56)(H,58,59)(H,60,61). The summed E-state index contributed by atoms with van der Waals surface area (Å²) in [5.74, 6) is -5.83. The highest BCUT2D eigenvalue weighted by molar-refractivity contribution is 9.09. The first-order chi connectivity index (χ1) is 31.2. The minimum Gasteiger partial charge on any atom is -0.481 e. The zero-order chi connectivity index (χ0) is 49.5. The molecule has 3 atom stereocenters. The number of hydrogen-bond donors (Lipinski definition) is 10. The van der Waals surface area contributed by atoms with Crippen LogP contribution < -0.4 is 31.9 Å². The molecule has 0 radical (unpaired) electrons. The van der Waals surface area contributed by atoms with Gasteiger partial charge in [0.15, 0.2) is 0 Å². The molecule has 22 nitrogen and oxygen atoms in total. The van der Waals surface area contributed by atoms with Gasteiger partial charge in [-0.15, -0.1) is 0 Å². The van der Waals surface area contributed by atoms with Crippen LogP contribution in [0.5, 0.6) is 0 Å². The summed E-state index contributed by atoms with van der Waals surface area (Å²) in [6, 6.07) is -2.32. The number of amides is 6. The lowest BCUT2D eigenvalue weighted by Gasteiger charge is -2.39. The van der Waals surface area contributed by atoms with Gasteiger partial charge in [-0.05, 0) is 69.6 Å². The lowest BCUT2D eigenvalue weighted by molar-refractivity contribution is -0.143. The van der Waals surface area contributed by atoms with Crippen molar-refractivity contribution in [2.75, 3.05) is 84.4 Å². The molecule has 24 heteroatoms. The maximum Gasteiger partial charge on any atom is 0.326 e. The summed E-state index contributed by atoms with van der Waals surface area (Å²) in [5.41, 5.74) is -0.729. The van der Waals surface area contributed by atoms with Gasteiger partial charge in [0.25, 0.3) is 0 Å². The van der Waals surface area contributed by atoms with Crippen molar-refractivity contribution in [1.29, 1.82) is 0 Å². The SMILES string of the molecule is CC(C)(CC(=O)O)C(C)(S)CC(=O)NCC1CCC(C(=O)NC(CCC(=O)NCCOCCOCC(=O)NCCOCCOCC(=O)NC(CCCCNC(=O)CBr)C(=O)O)C(=O)O)CC1. The zero-order valence-electron chi connectivity index (χ0n) is 38.3. The van der Waals surface area contributed by atoms with E-state index in [1.807, 2.05) is 0 Å². The second kappa shape index (κ2) is 33.4. The van der Waals surface area contributed by atoms with Crippen molar-refractivity contribution in [3.63, 3.8) is 0 Å². The van der Waals surface area contributed by atoms with E-state index in [9.17, 15) is 58.5 Å². The van der Waals surface area contributed by atoms with Gasteiger partial charge in [-0.25, -0.2) is 9.59 Å². The molecule has 378 valence electrons. The molecule has 1 saturated carbocycles. The number of ether oxygens (including phenoxy) is 4. The monoisotopic (exact) mass is 1030 g/mol.